The molecule has 8 heteroatoms. The van der Waals surface area contributed by atoms with Crippen LogP contribution in [-0.4, -0.2) is 27.8 Å². The fourth-order valence-corrected chi connectivity index (χ4v) is 4.82. The Hall–Kier alpha value is -2.19. The highest BCUT2D eigenvalue weighted by Crippen LogP contribution is 2.40. The van der Waals surface area contributed by atoms with Gasteiger partial charge < -0.3 is 19.3 Å². The molecule has 1 fully saturated rings. The molecule has 0 bridgehead atoms. The van der Waals surface area contributed by atoms with Crippen molar-refractivity contribution >= 4 is 33.2 Å². The molecule has 5 rings (SSSR count). The summed E-state index contributed by atoms with van der Waals surface area (Å²) in [4.78, 5) is 11.6. The third kappa shape index (κ3) is 3.03. The fraction of sp³-hybridized carbons (Fsp3) is 0.500. The van der Waals surface area contributed by atoms with Crippen molar-refractivity contribution in [2.75, 3.05) is 11.9 Å². The summed E-state index contributed by atoms with van der Waals surface area (Å²) in [5, 5.41) is 7.93. The number of thiophene rings is 1. The second-order valence-corrected chi connectivity index (χ2v) is 7.84. The van der Waals surface area contributed by atoms with E-state index >= 15 is 0 Å². The summed E-state index contributed by atoms with van der Waals surface area (Å²) >= 11 is 1.67. The predicted octanol–water partition coefficient (Wildman–Crippen LogP) is 4.21. The molecule has 0 atom stereocenters. The zero-order valence-electron chi connectivity index (χ0n) is 14.4. The number of aromatic nitrogens is 3. The first kappa shape index (κ1) is 16.0. The molecule has 0 unspecified atom stereocenters. The maximum Gasteiger partial charge on any atom is 0.232 e. The van der Waals surface area contributed by atoms with E-state index in [-0.39, 0.29) is 6.10 Å². The van der Waals surface area contributed by atoms with Crippen molar-refractivity contribution in [3.05, 3.63) is 22.9 Å². The Labute approximate surface area is 154 Å². The lowest BCUT2D eigenvalue weighted by atomic mass is 9.98. The number of nitrogens with one attached hydrogen (secondary N) is 1. The van der Waals surface area contributed by atoms with E-state index in [0.29, 0.717) is 18.4 Å². The van der Waals surface area contributed by atoms with Crippen LogP contribution < -0.4 is 10.1 Å². The Morgan fingerprint density at radius 2 is 2.12 bits per heavy atom. The van der Waals surface area contributed by atoms with Crippen LogP contribution in [0.3, 0.4) is 0 Å². The summed E-state index contributed by atoms with van der Waals surface area (Å²) in [6.07, 6.45) is 10.2. The van der Waals surface area contributed by atoms with Crippen LogP contribution >= 0.6 is 11.3 Å². The molecule has 1 N–H and O–H groups in total. The molecule has 1 saturated carbocycles. The Balaban J connectivity index is 1.56. The van der Waals surface area contributed by atoms with Crippen LogP contribution in [0.15, 0.2) is 17.0 Å². The molecule has 0 saturated heterocycles. The van der Waals surface area contributed by atoms with Gasteiger partial charge in [0.05, 0.1) is 24.8 Å². The summed E-state index contributed by atoms with van der Waals surface area (Å²) < 4.78 is 16.9. The lowest BCUT2D eigenvalue weighted by Gasteiger charge is -2.23. The predicted molar refractivity (Wildman–Crippen MR) is 98.1 cm³/mol. The van der Waals surface area contributed by atoms with Crippen molar-refractivity contribution in [1.82, 2.24) is 15.1 Å². The first-order valence-corrected chi connectivity index (χ1v) is 9.91. The fourth-order valence-electron chi connectivity index (χ4n) is 3.67. The second-order valence-electron chi connectivity index (χ2n) is 6.75. The maximum atomic E-state index is 6.39. The summed E-state index contributed by atoms with van der Waals surface area (Å²) in [5.74, 6) is 1.20. The highest BCUT2D eigenvalue weighted by atomic mass is 32.1. The molecule has 4 heterocycles. The summed E-state index contributed by atoms with van der Waals surface area (Å²) in [6.45, 7) is 1.38. The highest BCUT2D eigenvalue weighted by molar-refractivity contribution is 7.18. The number of ether oxygens (including phenoxy) is 2. The number of hydrogen-bond donors (Lipinski definition) is 1. The van der Waals surface area contributed by atoms with E-state index < -0.39 is 0 Å². The van der Waals surface area contributed by atoms with E-state index in [9.17, 15) is 0 Å². The van der Waals surface area contributed by atoms with Gasteiger partial charge in [0.15, 0.2) is 0 Å². The second kappa shape index (κ2) is 6.85. The molecule has 1 aliphatic heterocycles. The SMILES string of the molecule is c1nocc1Nc1nc(OC2CCCCC2)c2c3c(sc2n1)COCC3. The van der Waals surface area contributed by atoms with Crippen molar-refractivity contribution in [1.29, 1.82) is 0 Å². The number of nitrogens with zero attached hydrogens (tertiary/aromatic N) is 3. The lowest BCUT2D eigenvalue weighted by Crippen LogP contribution is -2.20. The third-order valence-electron chi connectivity index (χ3n) is 4.95. The van der Waals surface area contributed by atoms with E-state index in [4.69, 9.17) is 24.0 Å². The molecule has 26 heavy (non-hydrogen) atoms. The van der Waals surface area contributed by atoms with E-state index in [0.717, 1.165) is 41.8 Å². The molecule has 3 aromatic rings. The normalized spacial score (nSPS) is 18.0. The Morgan fingerprint density at radius 1 is 1.19 bits per heavy atom. The smallest absolute Gasteiger partial charge is 0.232 e. The minimum atomic E-state index is 0.237. The van der Waals surface area contributed by atoms with Crippen molar-refractivity contribution in [3.63, 3.8) is 0 Å². The summed E-state index contributed by atoms with van der Waals surface area (Å²) in [7, 11) is 0. The highest BCUT2D eigenvalue weighted by Gasteiger charge is 2.25. The molecular formula is C18H20N4O3S. The molecule has 7 nitrogen and oxygen atoms in total. The lowest BCUT2D eigenvalue weighted by molar-refractivity contribution is 0.114. The first-order valence-electron chi connectivity index (χ1n) is 9.10. The van der Waals surface area contributed by atoms with Gasteiger partial charge >= 0.3 is 0 Å². The first-order chi connectivity index (χ1) is 12.9. The van der Waals surface area contributed by atoms with E-state index in [1.165, 1.54) is 36.0 Å². The van der Waals surface area contributed by atoms with Crippen molar-refractivity contribution < 1.29 is 14.0 Å². The van der Waals surface area contributed by atoms with Gasteiger partial charge in [-0.25, -0.2) is 4.98 Å². The number of fused-ring (bicyclic) bond motifs is 3. The molecule has 0 amide bonds. The number of rotatable bonds is 4. The van der Waals surface area contributed by atoms with E-state index in [2.05, 4.69) is 10.5 Å². The van der Waals surface area contributed by atoms with Gasteiger partial charge in [-0.15, -0.1) is 11.3 Å². The molecular weight excluding hydrogens is 352 g/mol. The topological polar surface area (TPSA) is 82.3 Å². The van der Waals surface area contributed by atoms with Crippen LogP contribution in [0.25, 0.3) is 10.2 Å². The summed E-state index contributed by atoms with van der Waals surface area (Å²) in [5.41, 5.74) is 2.01. The standard InChI is InChI=1S/C18H20N4O3S/c1-2-4-12(5-3-1)25-16-15-13-6-7-23-10-14(13)26-17(15)22-18(21-16)20-11-8-19-24-9-11/h8-9,12H,1-7,10H2,(H,20,21,22). The molecule has 3 aromatic heterocycles. The van der Waals surface area contributed by atoms with Gasteiger partial charge in [0.1, 0.15) is 22.9 Å². The van der Waals surface area contributed by atoms with Gasteiger partial charge in [0.2, 0.25) is 11.8 Å². The largest absolute Gasteiger partial charge is 0.474 e. The van der Waals surface area contributed by atoms with Crippen LogP contribution in [0.5, 0.6) is 5.88 Å². The molecule has 2 aliphatic rings. The van der Waals surface area contributed by atoms with Gasteiger partial charge in [0, 0.05) is 4.88 Å². The van der Waals surface area contributed by atoms with Crippen molar-refractivity contribution in [2.24, 2.45) is 0 Å². The third-order valence-corrected chi connectivity index (χ3v) is 6.05. The van der Waals surface area contributed by atoms with Crippen molar-refractivity contribution in [2.45, 2.75) is 51.2 Å². The van der Waals surface area contributed by atoms with Gasteiger partial charge in [-0.2, -0.15) is 4.98 Å². The Kier molecular flexibility index (Phi) is 4.22. The van der Waals surface area contributed by atoms with E-state index in [1.807, 2.05) is 0 Å². The Morgan fingerprint density at radius 3 is 2.96 bits per heavy atom. The zero-order valence-corrected chi connectivity index (χ0v) is 15.2. The average molecular weight is 372 g/mol. The van der Waals surface area contributed by atoms with Crippen LogP contribution in [0.4, 0.5) is 11.6 Å². The van der Waals surface area contributed by atoms with Gasteiger partial charge in [-0.1, -0.05) is 11.6 Å². The van der Waals surface area contributed by atoms with Gasteiger partial charge in [0.25, 0.3) is 0 Å². The molecule has 0 radical (unpaired) electrons. The Bertz CT molecular complexity index is 903. The molecule has 0 spiro atoms. The molecule has 0 aromatic carbocycles. The monoisotopic (exact) mass is 372 g/mol. The molecule has 1 aliphatic carbocycles. The molecule has 136 valence electrons. The average Bonchev–Trinajstić information content (AvgIpc) is 3.29. The van der Waals surface area contributed by atoms with Crippen LogP contribution in [0, 0.1) is 0 Å². The van der Waals surface area contributed by atoms with Crippen LogP contribution in [0.1, 0.15) is 42.5 Å². The van der Waals surface area contributed by atoms with Gasteiger partial charge in [-0.3, -0.25) is 0 Å². The summed E-state index contributed by atoms with van der Waals surface area (Å²) in [6, 6.07) is 0. The zero-order chi connectivity index (χ0) is 17.3. The minimum Gasteiger partial charge on any atom is -0.474 e. The van der Waals surface area contributed by atoms with Crippen LogP contribution in [0.2, 0.25) is 0 Å². The van der Waals surface area contributed by atoms with E-state index in [1.54, 1.807) is 17.5 Å². The quantitative estimate of drug-likeness (QED) is 0.734. The van der Waals surface area contributed by atoms with Crippen molar-refractivity contribution in [3.8, 4) is 5.88 Å². The minimum absolute atomic E-state index is 0.237. The van der Waals surface area contributed by atoms with Crippen LogP contribution in [-0.2, 0) is 17.8 Å². The van der Waals surface area contributed by atoms with Gasteiger partial charge in [-0.05, 0) is 37.7 Å². The number of hydrogen-bond acceptors (Lipinski definition) is 8. The maximum absolute atomic E-state index is 6.39. The number of anilines is 2.